The molecule has 1 aliphatic heterocycles. The van der Waals surface area contributed by atoms with Crippen molar-refractivity contribution in [3.8, 4) is 0 Å². The van der Waals surface area contributed by atoms with Gasteiger partial charge in [0.25, 0.3) is 0 Å². The Bertz CT molecular complexity index is 272. The summed E-state index contributed by atoms with van der Waals surface area (Å²) < 4.78 is 5.47. The van der Waals surface area contributed by atoms with Gasteiger partial charge in [-0.3, -0.25) is 11.3 Å². The Balaban J connectivity index is 1.91. The fourth-order valence-corrected chi connectivity index (χ4v) is 2.66. The maximum absolute atomic E-state index is 5.59. The highest BCUT2D eigenvalue weighted by Crippen LogP contribution is 2.20. The Morgan fingerprint density at radius 1 is 1.73 bits per heavy atom. The van der Waals surface area contributed by atoms with Crippen LogP contribution >= 0.6 is 11.3 Å². The maximum Gasteiger partial charge on any atom is 0.0940 e. The predicted molar refractivity (Wildman–Crippen MR) is 60.5 cm³/mol. The van der Waals surface area contributed by atoms with E-state index in [4.69, 9.17) is 10.6 Å². The fraction of sp³-hybridized carbons (Fsp3) is 0.700. The summed E-state index contributed by atoms with van der Waals surface area (Å²) in [5.74, 6) is 6.11. The summed E-state index contributed by atoms with van der Waals surface area (Å²) in [6.07, 6.45) is 5.08. The van der Waals surface area contributed by atoms with Gasteiger partial charge in [0, 0.05) is 30.6 Å². The Morgan fingerprint density at radius 2 is 2.67 bits per heavy atom. The molecule has 1 aromatic heterocycles. The molecule has 5 heteroatoms. The number of hydrogen-bond acceptors (Lipinski definition) is 5. The molecular formula is C10H17N3OS. The number of rotatable bonds is 4. The van der Waals surface area contributed by atoms with Crippen molar-refractivity contribution in [3.63, 3.8) is 0 Å². The van der Waals surface area contributed by atoms with Crippen LogP contribution in [0.5, 0.6) is 0 Å². The van der Waals surface area contributed by atoms with E-state index in [-0.39, 0.29) is 6.04 Å². The first kappa shape index (κ1) is 11.0. The first-order valence-corrected chi connectivity index (χ1v) is 6.20. The van der Waals surface area contributed by atoms with Gasteiger partial charge in [-0.1, -0.05) is 0 Å². The third kappa shape index (κ3) is 2.98. The van der Waals surface area contributed by atoms with Gasteiger partial charge in [0.05, 0.1) is 11.6 Å². The molecule has 84 valence electrons. The van der Waals surface area contributed by atoms with E-state index in [0.717, 1.165) is 31.1 Å². The second-order valence-electron chi connectivity index (χ2n) is 3.88. The summed E-state index contributed by atoms with van der Waals surface area (Å²) in [5.41, 5.74) is 2.90. The molecule has 1 aliphatic rings. The summed E-state index contributed by atoms with van der Waals surface area (Å²) >= 11 is 1.68. The van der Waals surface area contributed by atoms with Crippen LogP contribution in [0.1, 0.15) is 17.8 Å². The lowest BCUT2D eigenvalue weighted by Crippen LogP contribution is -2.45. The Morgan fingerprint density at radius 3 is 3.27 bits per heavy atom. The molecule has 0 aliphatic carbocycles. The average Bonchev–Trinajstić information content (AvgIpc) is 2.80. The van der Waals surface area contributed by atoms with E-state index in [1.807, 2.05) is 11.6 Å². The van der Waals surface area contributed by atoms with Crippen LogP contribution in [0.15, 0.2) is 11.6 Å². The van der Waals surface area contributed by atoms with Gasteiger partial charge in [-0.2, -0.15) is 0 Å². The van der Waals surface area contributed by atoms with Crippen LogP contribution in [-0.2, 0) is 11.2 Å². The van der Waals surface area contributed by atoms with Crippen LogP contribution in [0, 0.1) is 5.92 Å². The molecule has 2 heterocycles. The van der Waals surface area contributed by atoms with Gasteiger partial charge in [-0.05, 0) is 18.8 Å². The highest BCUT2D eigenvalue weighted by atomic mass is 32.1. The Kier molecular flexibility index (Phi) is 4.08. The molecule has 0 amide bonds. The molecule has 4 nitrogen and oxygen atoms in total. The van der Waals surface area contributed by atoms with Gasteiger partial charge in [0.2, 0.25) is 0 Å². The molecule has 0 aromatic carbocycles. The first-order valence-electron chi connectivity index (χ1n) is 5.32. The summed E-state index contributed by atoms with van der Waals surface area (Å²) in [6, 6.07) is 0.288. The number of nitrogens with one attached hydrogen (secondary N) is 1. The minimum atomic E-state index is 0.288. The summed E-state index contributed by atoms with van der Waals surface area (Å²) in [6.45, 7) is 1.71. The van der Waals surface area contributed by atoms with Crippen LogP contribution in [0.3, 0.4) is 0 Å². The molecule has 0 bridgehead atoms. The van der Waals surface area contributed by atoms with Crippen LogP contribution in [-0.4, -0.2) is 24.2 Å². The van der Waals surface area contributed by atoms with Gasteiger partial charge in [-0.25, -0.2) is 4.98 Å². The van der Waals surface area contributed by atoms with Crippen molar-refractivity contribution >= 4 is 11.3 Å². The molecule has 1 saturated heterocycles. The molecule has 2 atom stereocenters. The van der Waals surface area contributed by atoms with Crippen molar-refractivity contribution in [1.29, 1.82) is 0 Å². The van der Waals surface area contributed by atoms with Crippen molar-refractivity contribution in [3.05, 3.63) is 16.6 Å². The van der Waals surface area contributed by atoms with Crippen LogP contribution in [0.4, 0.5) is 0 Å². The van der Waals surface area contributed by atoms with Gasteiger partial charge in [-0.15, -0.1) is 11.3 Å². The standard InChI is InChI=1S/C10H17N3OS/c11-13-9(6-10-12-3-5-15-10)8-2-1-4-14-7-8/h3,5,8-9,13H,1-2,4,6-7,11H2. The lowest BCUT2D eigenvalue weighted by atomic mass is 9.92. The predicted octanol–water partition coefficient (Wildman–Crippen LogP) is 0.944. The van der Waals surface area contributed by atoms with Crippen molar-refractivity contribution in [2.45, 2.75) is 25.3 Å². The number of hydrazine groups is 1. The lowest BCUT2D eigenvalue weighted by Gasteiger charge is -2.29. The number of hydrogen-bond donors (Lipinski definition) is 2. The monoisotopic (exact) mass is 227 g/mol. The zero-order valence-corrected chi connectivity index (χ0v) is 9.50. The zero-order valence-electron chi connectivity index (χ0n) is 8.69. The molecule has 1 fully saturated rings. The smallest absolute Gasteiger partial charge is 0.0940 e. The summed E-state index contributed by atoms with van der Waals surface area (Å²) in [5, 5.41) is 3.14. The third-order valence-electron chi connectivity index (χ3n) is 2.86. The maximum atomic E-state index is 5.59. The summed E-state index contributed by atoms with van der Waals surface area (Å²) in [7, 11) is 0. The minimum Gasteiger partial charge on any atom is -0.381 e. The van der Waals surface area contributed by atoms with Gasteiger partial charge in [0.1, 0.15) is 0 Å². The molecule has 2 unspecified atom stereocenters. The van der Waals surface area contributed by atoms with Gasteiger partial charge >= 0.3 is 0 Å². The normalized spacial score (nSPS) is 23.9. The molecule has 0 spiro atoms. The van der Waals surface area contributed by atoms with Crippen molar-refractivity contribution in [2.75, 3.05) is 13.2 Å². The molecule has 0 radical (unpaired) electrons. The van der Waals surface area contributed by atoms with E-state index in [1.54, 1.807) is 11.3 Å². The fourth-order valence-electron chi connectivity index (χ4n) is 1.99. The number of aromatic nitrogens is 1. The van der Waals surface area contributed by atoms with E-state index in [1.165, 1.54) is 6.42 Å². The topological polar surface area (TPSA) is 60.2 Å². The van der Waals surface area contributed by atoms with E-state index < -0.39 is 0 Å². The third-order valence-corrected chi connectivity index (χ3v) is 3.66. The molecule has 2 rings (SSSR count). The number of ether oxygens (including phenoxy) is 1. The van der Waals surface area contributed by atoms with E-state index in [2.05, 4.69) is 10.4 Å². The second-order valence-corrected chi connectivity index (χ2v) is 4.86. The highest BCUT2D eigenvalue weighted by molar-refractivity contribution is 7.09. The Hall–Kier alpha value is -0.490. The first-order chi connectivity index (χ1) is 7.40. The van der Waals surface area contributed by atoms with Crippen LogP contribution in [0.25, 0.3) is 0 Å². The number of nitrogens with zero attached hydrogens (tertiary/aromatic N) is 1. The van der Waals surface area contributed by atoms with Crippen molar-refractivity contribution in [1.82, 2.24) is 10.4 Å². The molecule has 15 heavy (non-hydrogen) atoms. The molecule has 1 aromatic rings. The van der Waals surface area contributed by atoms with Crippen molar-refractivity contribution < 1.29 is 4.74 Å². The van der Waals surface area contributed by atoms with Crippen molar-refractivity contribution in [2.24, 2.45) is 11.8 Å². The van der Waals surface area contributed by atoms with E-state index in [9.17, 15) is 0 Å². The summed E-state index contributed by atoms with van der Waals surface area (Å²) in [4.78, 5) is 4.28. The zero-order chi connectivity index (χ0) is 10.5. The Labute approximate surface area is 93.8 Å². The van der Waals surface area contributed by atoms with E-state index in [0.29, 0.717) is 5.92 Å². The van der Waals surface area contributed by atoms with E-state index >= 15 is 0 Å². The average molecular weight is 227 g/mol. The molecular weight excluding hydrogens is 210 g/mol. The van der Waals surface area contributed by atoms with Gasteiger partial charge in [0.15, 0.2) is 0 Å². The van der Waals surface area contributed by atoms with Gasteiger partial charge < -0.3 is 4.74 Å². The molecule has 0 saturated carbocycles. The second kappa shape index (κ2) is 5.55. The SMILES string of the molecule is NNC(Cc1nccs1)C1CCCOC1. The minimum absolute atomic E-state index is 0.288. The molecule has 3 N–H and O–H groups in total. The highest BCUT2D eigenvalue weighted by Gasteiger charge is 2.24. The quantitative estimate of drug-likeness (QED) is 0.594. The number of nitrogens with two attached hydrogens (primary N) is 1. The van der Waals surface area contributed by atoms with Crippen LogP contribution < -0.4 is 11.3 Å². The van der Waals surface area contributed by atoms with Crippen LogP contribution in [0.2, 0.25) is 0 Å². The number of thiazole rings is 1. The largest absolute Gasteiger partial charge is 0.381 e. The lowest BCUT2D eigenvalue weighted by molar-refractivity contribution is 0.0393.